The van der Waals surface area contributed by atoms with Gasteiger partial charge in [0.1, 0.15) is 0 Å². The lowest BCUT2D eigenvalue weighted by atomic mass is 9.79. The average molecular weight is 427 g/mol. The summed E-state index contributed by atoms with van der Waals surface area (Å²) in [5.74, 6) is 0. The van der Waals surface area contributed by atoms with Gasteiger partial charge in [-0.1, -0.05) is 30.3 Å². The van der Waals surface area contributed by atoms with Gasteiger partial charge in [0.2, 0.25) is 0 Å². The van der Waals surface area contributed by atoms with Crippen LogP contribution in [0.4, 0.5) is 5.69 Å². The molecule has 0 aliphatic carbocycles. The average Bonchev–Trinajstić information content (AvgIpc) is 2.89. The first kappa shape index (κ1) is 21.4. The minimum atomic E-state index is -3.72. The number of hydrogen-bond acceptors (Lipinski definition) is 4. The van der Waals surface area contributed by atoms with E-state index >= 15 is 0 Å². The summed E-state index contributed by atoms with van der Waals surface area (Å²) in [4.78, 5) is 0.311. The normalized spacial score (nSPS) is 20.3. The monoisotopic (exact) mass is 427 g/mol. The molecule has 7 heteroatoms. The molecule has 0 saturated carbocycles. The van der Waals surface area contributed by atoms with E-state index in [-0.39, 0.29) is 0 Å². The van der Waals surface area contributed by atoms with Crippen LogP contribution >= 0.6 is 0 Å². The van der Waals surface area contributed by atoms with Crippen LogP contribution in [0.1, 0.15) is 50.8 Å². The maximum Gasteiger partial charge on any atom is 0.494 e. The van der Waals surface area contributed by atoms with Gasteiger partial charge in [0.05, 0.1) is 21.8 Å². The lowest BCUT2D eigenvalue weighted by Crippen LogP contribution is -2.41. The summed E-state index contributed by atoms with van der Waals surface area (Å²) in [6, 6.07) is 11.5. The number of sulfonamides is 1. The fourth-order valence-electron chi connectivity index (χ4n) is 4.18. The number of aryl methyl sites for hydroxylation is 3. The molecule has 160 valence electrons. The Hall–Kier alpha value is -1.83. The van der Waals surface area contributed by atoms with E-state index in [2.05, 4.69) is 0 Å². The van der Waals surface area contributed by atoms with Crippen LogP contribution in [0.5, 0.6) is 0 Å². The Labute approximate surface area is 180 Å². The Balaban J connectivity index is 1.76. The topological polar surface area (TPSA) is 55.8 Å². The second kappa shape index (κ2) is 7.11. The molecular weight excluding hydrogens is 397 g/mol. The van der Waals surface area contributed by atoms with Gasteiger partial charge < -0.3 is 9.31 Å². The van der Waals surface area contributed by atoms with E-state index in [9.17, 15) is 8.42 Å². The molecule has 0 spiro atoms. The van der Waals surface area contributed by atoms with E-state index in [1.165, 1.54) is 0 Å². The minimum absolute atomic E-state index is 0.311. The van der Waals surface area contributed by atoms with Crippen molar-refractivity contribution >= 4 is 28.3 Å². The molecule has 0 atom stereocenters. The number of anilines is 1. The predicted octanol–water partition coefficient (Wildman–Crippen LogP) is 3.74. The Morgan fingerprint density at radius 1 is 0.967 bits per heavy atom. The van der Waals surface area contributed by atoms with Gasteiger partial charge in [0.15, 0.2) is 0 Å². The van der Waals surface area contributed by atoms with E-state index in [0.29, 0.717) is 11.4 Å². The van der Waals surface area contributed by atoms with Gasteiger partial charge in [-0.25, -0.2) is 8.42 Å². The van der Waals surface area contributed by atoms with Gasteiger partial charge in [0.25, 0.3) is 10.0 Å². The molecule has 2 aliphatic rings. The van der Waals surface area contributed by atoms with Crippen LogP contribution in [0.3, 0.4) is 0 Å². The summed E-state index contributed by atoms with van der Waals surface area (Å²) in [5.41, 5.74) is 3.37. The summed E-state index contributed by atoms with van der Waals surface area (Å²) in [5, 5.41) is 0. The quantitative estimate of drug-likeness (QED) is 0.701. The van der Waals surface area contributed by atoms with Crippen LogP contribution in [-0.2, 0) is 25.8 Å². The van der Waals surface area contributed by atoms with Gasteiger partial charge in [-0.15, -0.1) is 0 Å². The van der Waals surface area contributed by atoms with Gasteiger partial charge in [-0.05, 0) is 82.6 Å². The molecule has 5 nitrogen and oxygen atoms in total. The lowest BCUT2D eigenvalue weighted by molar-refractivity contribution is 0.00578. The largest absolute Gasteiger partial charge is 0.494 e. The number of para-hydroxylation sites is 1. The molecule has 0 bridgehead atoms. The van der Waals surface area contributed by atoms with Crippen molar-refractivity contribution in [2.24, 2.45) is 0 Å². The number of hydrogen-bond donors (Lipinski definition) is 0. The zero-order valence-corrected chi connectivity index (χ0v) is 19.5. The fraction of sp³-hybridized carbons (Fsp3) is 0.478. The maximum absolute atomic E-state index is 13.8. The second-order valence-corrected chi connectivity index (χ2v) is 11.2. The summed E-state index contributed by atoms with van der Waals surface area (Å²) >= 11 is 0. The molecule has 2 aromatic rings. The molecule has 1 fully saturated rings. The van der Waals surface area contributed by atoms with Crippen molar-refractivity contribution in [3.8, 4) is 0 Å². The molecule has 0 aromatic heterocycles. The van der Waals surface area contributed by atoms with Crippen molar-refractivity contribution in [3.63, 3.8) is 0 Å². The molecule has 1 saturated heterocycles. The van der Waals surface area contributed by atoms with E-state index in [0.717, 1.165) is 40.7 Å². The summed E-state index contributed by atoms with van der Waals surface area (Å²) < 4.78 is 41.5. The minimum Gasteiger partial charge on any atom is -0.399 e. The Kier molecular flexibility index (Phi) is 5.07. The molecule has 4 rings (SSSR count). The number of fused-ring (bicyclic) bond motifs is 1. The number of nitrogens with zero attached hydrogens (tertiary/aromatic N) is 1. The van der Waals surface area contributed by atoms with Crippen molar-refractivity contribution in [2.45, 2.75) is 70.5 Å². The van der Waals surface area contributed by atoms with Gasteiger partial charge in [-0.2, -0.15) is 0 Å². The Bertz CT molecular complexity index is 1080. The summed E-state index contributed by atoms with van der Waals surface area (Å²) in [7, 11) is -4.31. The standard InChI is InChI=1S/C23H30BNO4S/c1-16-12-13-19(24-28-22(3,4)23(5,6)29-24)15-20(16)30(26,27)25-14-8-11-18-10-7-9-17(2)21(18)25/h7,9-10,12-13,15H,8,11,14H2,1-6H3. The zero-order chi connectivity index (χ0) is 21.9. The molecular formula is C23H30BNO4S. The maximum atomic E-state index is 13.8. The molecule has 30 heavy (non-hydrogen) atoms. The van der Waals surface area contributed by atoms with Crippen LogP contribution in [0.2, 0.25) is 0 Å². The van der Waals surface area contributed by atoms with Crippen LogP contribution in [0.15, 0.2) is 41.3 Å². The molecule has 0 amide bonds. The summed E-state index contributed by atoms with van der Waals surface area (Å²) in [6.07, 6.45) is 1.71. The third kappa shape index (κ3) is 3.37. The number of benzene rings is 2. The van der Waals surface area contributed by atoms with Crippen LogP contribution in [0.25, 0.3) is 0 Å². The van der Waals surface area contributed by atoms with Gasteiger partial charge in [-0.3, -0.25) is 4.31 Å². The molecule has 0 unspecified atom stereocenters. The third-order valence-electron chi connectivity index (χ3n) is 6.68. The number of rotatable bonds is 3. The Morgan fingerprint density at radius 2 is 1.63 bits per heavy atom. The molecule has 2 aromatic carbocycles. The first-order valence-corrected chi connectivity index (χ1v) is 12.0. The van der Waals surface area contributed by atoms with E-state index in [1.807, 2.05) is 71.9 Å². The molecule has 2 aliphatic heterocycles. The fourth-order valence-corrected chi connectivity index (χ4v) is 6.05. The van der Waals surface area contributed by atoms with Crippen LogP contribution in [-0.4, -0.2) is 33.3 Å². The van der Waals surface area contributed by atoms with Crippen molar-refractivity contribution in [1.29, 1.82) is 0 Å². The predicted molar refractivity (Wildman–Crippen MR) is 121 cm³/mol. The van der Waals surface area contributed by atoms with Gasteiger partial charge >= 0.3 is 7.12 Å². The molecule has 0 N–H and O–H groups in total. The Morgan fingerprint density at radius 3 is 2.30 bits per heavy atom. The summed E-state index contributed by atoms with van der Waals surface area (Å²) in [6.45, 7) is 12.3. The van der Waals surface area contributed by atoms with Crippen molar-refractivity contribution in [3.05, 3.63) is 53.1 Å². The lowest BCUT2D eigenvalue weighted by Gasteiger charge is -2.32. The zero-order valence-electron chi connectivity index (χ0n) is 18.7. The first-order chi connectivity index (χ1) is 13.9. The van der Waals surface area contributed by atoms with Crippen LogP contribution < -0.4 is 9.77 Å². The van der Waals surface area contributed by atoms with E-state index in [4.69, 9.17) is 9.31 Å². The highest BCUT2D eigenvalue weighted by Crippen LogP contribution is 2.38. The van der Waals surface area contributed by atoms with Gasteiger partial charge in [0, 0.05) is 6.54 Å². The van der Waals surface area contributed by atoms with Crippen molar-refractivity contribution < 1.29 is 17.7 Å². The van der Waals surface area contributed by atoms with Crippen molar-refractivity contribution in [2.75, 3.05) is 10.8 Å². The smallest absolute Gasteiger partial charge is 0.399 e. The van der Waals surface area contributed by atoms with Crippen molar-refractivity contribution in [1.82, 2.24) is 0 Å². The molecule has 0 radical (unpaired) electrons. The second-order valence-electron chi connectivity index (χ2n) is 9.38. The van der Waals surface area contributed by atoms with Crippen LogP contribution in [0, 0.1) is 13.8 Å². The highest BCUT2D eigenvalue weighted by molar-refractivity contribution is 7.93. The molecule has 2 heterocycles. The first-order valence-electron chi connectivity index (χ1n) is 10.5. The van der Waals surface area contributed by atoms with E-state index < -0.39 is 28.3 Å². The SMILES string of the molecule is Cc1ccc(B2OC(C)(C)C(C)(C)O2)cc1S(=O)(=O)N1CCCc2cccc(C)c21. The highest BCUT2D eigenvalue weighted by Gasteiger charge is 2.52. The van der Waals surface area contributed by atoms with E-state index in [1.54, 1.807) is 10.4 Å². The highest BCUT2D eigenvalue weighted by atomic mass is 32.2. The third-order valence-corrected chi connectivity index (χ3v) is 8.62.